The van der Waals surface area contributed by atoms with E-state index in [1.165, 1.54) is 72.0 Å². The molecular weight excluding hydrogens is 434 g/mol. The Bertz CT molecular complexity index is 1800. The Hall–Kier alpha value is -4.10. The monoisotopic (exact) mass is 463 g/mol. The van der Waals surface area contributed by atoms with Crippen LogP contribution in [0, 0.1) is 13.8 Å². The van der Waals surface area contributed by atoms with E-state index >= 15 is 0 Å². The summed E-state index contributed by atoms with van der Waals surface area (Å²) in [5.41, 5.74) is 14.4. The second-order valence-corrected chi connectivity index (χ2v) is 10.9. The summed E-state index contributed by atoms with van der Waals surface area (Å²) in [5, 5.41) is 2.61. The van der Waals surface area contributed by atoms with E-state index in [1.54, 1.807) is 0 Å². The highest BCUT2D eigenvalue weighted by Gasteiger charge is 2.36. The zero-order valence-electron chi connectivity index (χ0n) is 21.3. The summed E-state index contributed by atoms with van der Waals surface area (Å²) >= 11 is 0. The van der Waals surface area contributed by atoms with E-state index in [1.807, 2.05) is 0 Å². The average molecular weight is 464 g/mol. The maximum Gasteiger partial charge on any atom is 0.0544 e. The van der Waals surface area contributed by atoms with E-state index in [4.69, 9.17) is 0 Å². The first-order valence-corrected chi connectivity index (χ1v) is 12.8. The van der Waals surface area contributed by atoms with Gasteiger partial charge in [-0.15, -0.1) is 0 Å². The summed E-state index contributed by atoms with van der Waals surface area (Å²) in [5.74, 6) is 0. The molecule has 1 heteroatoms. The van der Waals surface area contributed by atoms with Gasteiger partial charge in [-0.3, -0.25) is 0 Å². The molecular formula is C35H29N. The highest BCUT2D eigenvalue weighted by molar-refractivity contribution is 6.12. The summed E-state index contributed by atoms with van der Waals surface area (Å²) < 4.78 is 2.44. The van der Waals surface area contributed by atoms with Crippen molar-refractivity contribution < 1.29 is 0 Å². The van der Waals surface area contributed by atoms with Crippen molar-refractivity contribution in [1.29, 1.82) is 0 Å². The summed E-state index contributed by atoms with van der Waals surface area (Å²) in [7, 11) is 0. The fourth-order valence-corrected chi connectivity index (χ4v) is 6.39. The average Bonchev–Trinajstić information content (AvgIpc) is 3.31. The molecule has 0 N–H and O–H groups in total. The molecule has 0 aliphatic heterocycles. The van der Waals surface area contributed by atoms with Gasteiger partial charge in [0.15, 0.2) is 0 Å². The van der Waals surface area contributed by atoms with Crippen molar-refractivity contribution in [3.05, 3.63) is 125 Å². The molecule has 0 bridgehead atoms. The van der Waals surface area contributed by atoms with Crippen molar-refractivity contribution in [2.24, 2.45) is 0 Å². The van der Waals surface area contributed by atoms with E-state index in [-0.39, 0.29) is 5.41 Å². The normalized spacial score (nSPS) is 13.8. The van der Waals surface area contributed by atoms with Crippen LogP contribution in [0.3, 0.4) is 0 Å². The first-order chi connectivity index (χ1) is 17.4. The summed E-state index contributed by atoms with van der Waals surface area (Å²) in [6, 6.07) is 38.4. The molecule has 1 nitrogen and oxygen atoms in total. The molecule has 1 heterocycles. The van der Waals surface area contributed by atoms with Gasteiger partial charge in [-0.1, -0.05) is 91.7 Å². The fourth-order valence-electron chi connectivity index (χ4n) is 6.39. The van der Waals surface area contributed by atoms with Crippen LogP contribution in [0.5, 0.6) is 0 Å². The molecule has 36 heavy (non-hydrogen) atoms. The molecule has 7 rings (SSSR count). The van der Waals surface area contributed by atoms with Crippen LogP contribution in [-0.2, 0) is 5.41 Å². The zero-order valence-corrected chi connectivity index (χ0v) is 21.3. The smallest absolute Gasteiger partial charge is 0.0544 e. The first-order valence-electron chi connectivity index (χ1n) is 12.8. The summed E-state index contributed by atoms with van der Waals surface area (Å²) in [6.07, 6.45) is 0. The quantitative estimate of drug-likeness (QED) is 0.241. The molecule has 0 amide bonds. The van der Waals surface area contributed by atoms with Crippen LogP contribution in [0.25, 0.3) is 49.7 Å². The van der Waals surface area contributed by atoms with Crippen LogP contribution in [0.15, 0.2) is 103 Å². The molecule has 0 saturated heterocycles. The number of aromatic nitrogens is 1. The van der Waals surface area contributed by atoms with E-state index in [2.05, 4.69) is 135 Å². The first kappa shape index (κ1) is 21.2. The lowest BCUT2D eigenvalue weighted by Crippen LogP contribution is -2.14. The van der Waals surface area contributed by atoms with Crippen molar-refractivity contribution >= 4 is 21.8 Å². The molecule has 0 unspecified atom stereocenters. The number of nitrogens with zero attached hydrogens (tertiary/aromatic N) is 1. The topological polar surface area (TPSA) is 4.93 Å². The van der Waals surface area contributed by atoms with Crippen LogP contribution in [0.4, 0.5) is 0 Å². The van der Waals surface area contributed by atoms with E-state index in [9.17, 15) is 0 Å². The van der Waals surface area contributed by atoms with Crippen molar-refractivity contribution in [3.8, 4) is 27.9 Å². The number of aryl methyl sites for hydroxylation is 2. The molecule has 1 aromatic heterocycles. The van der Waals surface area contributed by atoms with Crippen LogP contribution in [0.2, 0.25) is 0 Å². The van der Waals surface area contributed by atoms with Gasteiger partial charge in [0, 0.05) is 21.9 Å². The molecule has 1 aliphatic rings. The summed E-state index contributed by atoms with van der Waals surface area (Å²) in [4.78, 5) is 0. The lowest BCUT2D eigenvalue weighted by atomic mass is 9.82. The van der Waals surface area contributed by atoms with Crippen molar-refractivity contribution in [2.75, 3.05) is 0 Å². The highest BCUT2D eigenvalue weighted by Crippen LogP contribution is 2.51. The van der Waals surface area contributed by atoms with Crippen LogP contribution < -0.4 is 0 Å². The lowest BCUT2D eigenvalue weighted by Gasteiger charge is -2.21. The van der Waals surface area contributed by atoms with Crippen LogP contribution >= 0.6 is 0 Å². The minimum Gasteiger partial charge on any atom is -0.309 e. The molecule has 0 fully saturated rings. The number of fused-ring (bicyclic) bond motifs is 6. The minimum absolute atomic E-state index is 0.0255. The number of para-hydroxylation sites is 1. The largest absolute Gasteiger partial charge is 0.309 e. The molecule has 0 radical (unpaired) electrons. The third-order valence-corrected chi connectivity index (χ3v) is 8.04. The molecule has 1 aliphatic carbocycles. The van der Waals surface area contributed by atoms with Crippen molar-refractivity contribution in [1.82, 2.24) is 4.57 Å². The van der Waals surface area contributed by atoms with Gasteiger partial charge >= 0.3 is 0 Å². The van der Waals surface area contributed by atoms with E-state index < -0.39 is 0 Å². The summed E-state index contributed by atoms with van der Waals surface area (Å²) in [6.45, 7) is 9.08. The predicted molar refractivity (Wildman–Crippen MR) is 153 cm³/mol. The SMILES string of the molecule is Cc1cc(C)cc(-c2ccc3c(c2)c2cc4c(cc2n3-c2ccccc2)C(C)(C)c2ccccc2-4)c1. The molecule has 174 valence electrons. The Kier molecular flexibility index (Phi) is 4.39. The van der Waals surface area contributed by atoms with Gasteiger partial charge in [0.2, 0.25) is 0 Å². The van der Waals surface area contributed by atoms with Gasteiger partial charge in [0.05, 0.1) is 11.0 Å². The second-order valence-electron chi connectivity index (χ2n) is 10.9. The van der Waals surface area contributed by atoms with Gasteiger partial charge in [0.25, 0.3) is 0 Å². The third kappa shape index (κ3) is 2.96. The van der Waals surface area contributed by atoms with Crippen LogP contribution in [0.1, 0.15) is 36.1 Å². The Morgan fingerprint density at radius 3 is 2.00 bits per heavy atom. The number of hydrogen-bond acceptors (Lipinski definition) is 0. The Morgan fingerprint density at radius 2 is 1.22 bits per heavy atom. The number of hydrogen-bond donors (Lipinski definition) is 0. The molecule has 5 aromatic carbocycles. The Balaban J connectivity index is 1.59. The van der Waals surface area contributed by atoms with Gasteiger partial charge in [0.1, 0.15) is 0 Å². The van der Waals surface area contributed by atoms with Crippen molar-refractivity contribution in [2.45, 2.75) is 33.1 Å². The number of rotatable bonds is 2. The zero-order chi connectivity index (χ0) is 24.6. The lowest BCUT2D eigenvalue weighted by molar-refractivity contribution is 0.661. The van der Waals surface area contributed by atoms with E-state index in [0.29, 0.717) is 0 Å². The predicted octanol–water partition coefficient (Wildman–Crippen LogP) is 9.37. The maximum absolute atomic E-state index is 2.45. The van der Waals surface area contributed by atoms with Gasteiger partial charge < -0.3 is 4.57 Å². The Morgan fingerprint density at radius 1 is 0.528 bits per heavy atom. The van der Waals surface area contributed by atoms with Gasteiger partial charge in [-0.05, 0) is 83.6 Å². The molecule has 0 saturated carbocycles. The molecule has 0 atom stereocenters. The minimum atomic E-state index is -0.0255. The fraction of sp³-hybridized carbons (Fsp3) is 0.143. The standard InChI is InChI=1S/C35H29N/c1-22-16-23(2)18-25(17-22)24-14-15-33-29(19-24)30-20-28-27-12-8-9-13-31(27)35(3,4)32(28)21-34(30)36(33)26-10-6-5-7-11-26/h5-21H,1-4H3. The van der Waals surface area contributed by atoms with E-state index in [0.717, 1.165) is 0 Å². The number of benzene rings is 5. The van der Waals surface area contributed by atoms with Gasteiger partial charge in [-0.25, -0.2) is 0 Å². The Labute approximate surface area is 212 Å². The second kappa shape index (κ2) is 7.45. The van der Waals surface area contributed by atoms with Crippen LogP contribution in [-0.4, -0.2) is 4.57 Å². The van der Waals surface area contributed by atoms with Crippen molar-refractivity contribution in [3.63, 3.8) is 0 Å². The highest BCUT2D eigenvalue weighted by atomic mass is 15.0. The maximum atomic E-state index is 2.45. The third-order valence-electron chi connectivity index (χ3n) is 8.04. The molecule has 6 aromatic rings. The molecule has 0 spiro atoms. The van der Waals surface area contributed by atoms with Gasteiger partial charge in [-0.2, -0.15) is 0 Å².